The second-order valence-electron chi connectivity index (χ2n) is 8.10. The Morgan fingerprint density at radius 2 is 1.70 bits per heavy atom. The summed E-state index contributed by atoms with van der Waals surface area (Å²) in [7, 11) is -2.42. The molecular formula is C22H29FN2O4S. The van der Waals surface area contributed by atoms with Gasteiger partial charge in [-0.05, 0) is 41.8 Å². The first-order valence-corrected chi connectivity index (χ1v) is 11.2. The van der Waals surface area contributed by atoms with Crippen molar-refractivity contribution in [2.45, 2.75) is 44.0 Å². The third-order valence-electron chi connectivity index (χ3n) is 4.91. The number of hydrogen-bond donors (Lipinski definition) is 2. The number of halogens is 1. The van der Waals surface area contributed by atoms with E-state index in [9.17, 15) is 17.6 Å². The first-order valence-electron chi connectivity index (χ1n) is 9.67. The number of hydrogen-bond acceptors (Lipinski definition) is 4. The lowest BCUT2D eigenvalue weighted by Crippen LogP contribution is -2.51. The van der Waals surface area contributed by atoms with Crippen molar-refractivity contribution in [2.24, 2.45) is 5.92 Å². The molecule has 0 radical (unpaired) electrons. The fraction of sp³-hybridized carbons (Fsp3) is 0.409. The highest BCUT2D eigenvalue weighted by atomic mass is 32.2. The zero-order chi connectivity index (χ0) is 22.5. The van der Waals surface area contributed by atoms with Crippen LogP contribution in [0.1, 0.15) is 33.3 Å². The van der Waals surface area contributed by atoms with Crippen LogP contribution in [-0.4, -0.2) is 34.0 Å². The molecule has 1 amide bonds. The summed E-state index contributed by atoms with van der Waals surface area (Å²) >= 11 is 0. The Kier molecular flexibility index (Phi) is 7.60. The standard InChI is InChI=1S/C22H29FN2O4S/c1-15(2)20(25-30(27,28)17-12-10-16(29-5)11-13-17)21(26)24-14-22(3,4)18-8-6-7-9-19(18)23/h6-13,15,20,25H,14H2,1-5H3,(H,24,26)/t20-/m0/s1. The van der Waals surface area contributed by atoms with E-state index in [1.165, 1.54) is 37.4 Å². The van der Waals surface area contributed by atoms with Crippen molar-refractivity contribution in [3.63, 3.8) is 0 Å². The molecule has 0 bridgehead atoms. The Morgan fingerprint density at radius 3 is 2.23 bits per heavy atom. The van der Waals surface area contributed by atoms with Crippen LogP contribution in [0.4, 0.5) is 4.39 Å². The van der Waals surface area contributed by atoms with E-state index in [0.29, 0.717) is 11.3 Å². The average molecular weight is 437 g/mol. The normalized spacial score (nSPS) is 13.2. The number of ether oxygens (including phenoxy) is 1. The number of benzene rings is 2. The predicted molar refractivity (Wildman–Crippen MR) is 114 cm³/mol. The zero-order valence-electron chi connectivity index (χ0n) is 17.9. The zero-order valence-corrected chi connectivity index (χ0v) is 18.7. The highest BCUT2D eigenvalue weighted by Gasteiger charge is 2.31. The molecule has 2 aromatic rings. The van der Waals surface area contributed by atoms with Gasteiger partial charge in [-0.1, -0.05) is 45.9 Å². The SMILES string of the molecule is COc1ccc(S(=O)(=O)N[C@H](C(=O)NCC(C)(C)c2ccccc2F)C(C)C)cc1. The number of carbonyl (C=O) groups excluding carboxylic acids is 1. The Morgan fingerprint density at radius 1 is 1.10 bits per heavy atom. The van der Waals surface area contributed by atoms with Gasteiger partial charge >= 0.3 is 0 Å². The van der Waals surface area contributed by atoms with Gasteiger partial charge in [0.15, 0.2) is 0 Å². The van der Waals surface area contributed by atoms with E-state index in [1.54, 1.807) is 32.0 Å². The van der Waals surface area contributed by atoms with Crippen LogP contribution in [0.5, 0.6) is 5.75 Å². The molecule has 0 aromatic heterocycles. The van der Waals surface area contributed by atoms with Crippen molar-refractivity contribution in [3.8, 4) is 5.75 Å². The van der Waals surface area contributed by atoms with Crippen LogP contribution < -0.4 is 14.8 Å². The molecule has 6 nitrogen and oxygen atoms in total. The summed E-state index contributed by atoms with van der Waals surface area (Å²) in [5.41, 5.74) is -0.192. The van der Waals surface area contributed by atoms with Crippen molar-refractivity contribution in [3.05, 3.63) is 59.9 Å². The van der Waals surface area contributed by atoms with Crippen LogP contribution in [0.2, 0.25) is 0 Å². The number of methoxy groups -OCH3 is 1. The second kappa shape index (κ2) is 9.57. The molecule has 8 heteroatoms. The van der Waals surface area contributed by atoms with Crippen LogP contribution in [0, 0.1) is 11.7 Å². The van der Waals surface area contributed by atoms with Crippen LogP contribution in [-0.2, 0) is 20.2 Å². The molecule has 164 valence electrons. The van der Waals surface area contributed by atoms with E-state index in [2.05, 4.69) is 10.0 Å². The molecule has 0 saturated carbocycles. The quantitative estimate of drug-likeness (QED) is 0.632. The predicted octanol–water partition coefficient (Wildman–Crippen LogP) is 3.23. The van der Waals surface area contributed by atoms with Crippen molar-refractivity contribution < 1.29 is 22.3 Å². The van der Waals surface area contributed by atoms with Crippen molar-refractivity contribution in [1.82, 2.24) is 10.0 Å². The summed E-state index contributed by atoms with van der Waals surface area (Å²) in [6.45, 7) is 7.29. The lowest BCUT2D eigenvalue weighted by atomic mass is 9.84. The minimum absolute atomic E-state index is 0.0356. The molecule has 0 spiro atoms. The van der Waals surface area contributed by atoms with E-state index >= 15 is 0 Å². The first kappa shape index (κ1) is 23.8. The molecular weight excluding hydrogens is 407 g/mol. The molecule has 0 saturated heterocycles. The van der Waals surface area contributed by atoms with E-state index in [-0.39, 0.29) is 23.2 Å². The maximum absolute atomic E-state index is 14.1. The maximum Gasteiger partial charge on any atom is 0.241 e. The van der Waals surface area contributed by atoms with Crippen LogP contribution in [0.3, 0.4) is 0 Å². The molecule has 0 aliphatic heterocycles. The summed E-state index contributed by atoms with van der Waals surface area (Å²) in [4.78, 5) is 12.8. The van der Waals surface area contributed by atoms with E-state index < -0.39 is 27.4 Å². The molecule has 0 aliphatic carbocycles. The second-order valence-corrected chi connectivity index (χ2v) is 9.81. The fourth-order valence-corrected chi connectivity index (χ4v) is 4.35. The Bertz CT molecular complexity index is 973. The molecule has 2 rings (SSSR count). The van der Waals surface area contributed by atoms with Gasteiger partial charge in [0, 0.05) is 12.0 Å². The van der Waals surface area contributed by atoms with Crippen LogP contribution >= 0.6 is 0 Å². The highest BCUT2D eigenvalue weighted by molar-refractivity contribution is 7.89. The summed E-state index contributed by atoms with van der Waals surface area (Å²) in [6.07, 6.45) is 0. The van der Waals surface area contributed by atoms with E-state index in [1.807, 2.05) is 13.8 Å². The lowest BCUT2D eigenvalue weighted by Gasteiger charge is -2.28. The monoisotopic (exact) mass is 436 g/mol. The Balaban J connectivity index is 2.13. The Hall–Kier alpha value is -2.45. The number of rotatable bonds is 9. The average Bonchev–Trinajstić information content (AvgIpc) is 2.70. The molecule has 0 fully saturated rings. The number of amides is 1. The summed E-state index contributed by atoms with van der Waals surface area (Å²) in [5, 5.41) is 2.77. The molecule has 1 atom stereocenters. The molecule has 2 N–H and O–H groups in total. The van der Waals surface area contributed by atoms with Crippen LogP contribution in [0.15, 0.2) is 53.4 Å². The van der Waals surface area contributed by atoms with E-state index in [0.717, 1.165) is 0 Å². The van der Waals surface area contributed by atoms with Crippen LogP contribution in [0.25, 0.3) is 0 Å². The molecule has 0 unspecified atom stereocenters. The van der Waals surface area contributed by atoms with Gasteiger partial charge in [0.25, 0.3) is 0 Å². The van der Waals surface area contributed by atoms with Crippen molar-refractivity contribution in [1.29, 1.82) is 0 Å². The van der Waals surface area contributed by atoms with Gasteiger partial charge in [-0.15, -0.1) is 0 Å². The summed E-state index contributed by atoms with van der Waals surface area (Å²) in [6, 6.07) is 11.3. The number of nitrogens with one attached hydrogen (secondary N) is 2. The maximum atomic E-state index is 14.1. The number of carbonyl (C=O) groups is 1. The minimum Gasteiger partial charge on any atom is -0.497 e. The van der Waals surface area contributed by atoms with Gasteiger partial charge in [0.05, 0.1) is 12.0 Å². The third-order valence-corrected chi connectivity index (χ3v) is 6.37. The minimum atomic E-state index is -3.91. The molecule has 0 heterocycles. The number of sulfonamides is 1. The third kappa shape index (κ3) is 5.79. The van der Waals surface area contributed by atoms with Gasteiger partial charge in [-0.25, -0.2) is 12.8 Å². The lowest BCUT2D eigenvalue weighted by molar-refractivity contribution is -0.123. The molecule has 30 heavy (non-hydrogen) atoms. The van der Waals surface area contributed by atoms with Gasteiger partial charge in [0.1, 0.15) is 17.6 Å². The molecule has 2 aromatic carbocycles. The van der Waals surface area contributed by atoms with Gasteiger partial charge in [0.2, 0.25) is 15.9 Å². The summed E-state index contributed by atoms with van der Waals surface area (Å²) < 4.78 is 47.1. The fourth-order valence-electron chi connectivity index (χ4n) is 3.01. The van der Waals surface area contributed by atoms with E-state index in [4.69, 9.17) is 4.74 Å². The largest absolute Gasteiger partial charge is 0.497 e. The highest BCUT2D eigenvalue weighted by Crippen LogP contribution is 2.25. The summed E-state index contributed by atoms with van der Waals surface area (Å²) in [5.74, 6) is -0.582. The Labute approximate surface area is 177 Å². The first-order chi connectivity index (χ1) is 14.0. The smallest absolute Gasteiger partial charge is 0.241 e. The van der Waals surface area contributed by atoms with Gasteiger partial charge in [-0.2, -0.15) is 4.72 Å². The van der Waals surface area contributed by atoms with Gasteiger partial charge < -0.3 is 10.1 Å². The topological polar surface area (TPSA) is 84.5 Å². The molecule has 0 aliphatic rings. The van der Waals surface area contributed by atoms with Crippen molar-refractivity contribution in [2.75, 3.05) is 13.7 Å². The van der Waals surface area contributed by atoms with Crippen molar-refractivity contribution >= 4 is 15.9 Å². The van der Waals surface area contributed by atoms with Gasteiger partial charge in [-0.3, -0.25) is 4.79 Å².